The van der Waals surface area contributed by atoms with Gasteiger partial charge in [0.25, 0.3) is 0 Å². The van der Waals surface area contributed by atoms with Gasteiger partial charge in [0.15, 0.2) is 0 Å². The molecule has 0 saturated carbocycles. The fourth-order valence-electron chi connectivity index (χ4n) is 1.35. The summed E-state index contributed by atoms with van der Waals surface area (Å²) in [6.45, 7) is 1.69. The van der Waals surface area contributed by atoms with Crippen LogP contribution in [0.2, 0.25) is 0 Å². The highest BCUT2D eigenvalue weighted by Gasteiger charge is 2.32. The first kappa shape index (κ1) is 12.7. The Hall–Kier alpha value is -1.39. The predicted molar refractivity (Wildman–Crippen MR) is 52.9 cm³/mol. The van der Waals surface area contributed by atoms with Gasteiger partial charge in [-0.2, -0.15) is 13.2 Å². The third-order valence-corrected chi connectivity index (χ3v) is 2.28. The van der Waals surface area contributed by atoms with Crippen molar-refractivity contribution in [3.8, 4) is 0 Å². The normalized spacial score (nSPS) is 11.5. The lowest BCUT2D eigenvalue weighted by molar-refractivity contribution is -0.138. The van der Waals surface area contributed by atoms with Crippen molar-refractivity contribution in [2.45, 2.75) is 32.4 Å². The van der Waals surface area contributed by atoms with Crippen molar-refractivity contribution >= 4 is 5.78 Å². The van der Waals surface area contributed by atoms with Crippen molar-refractivity contribution in [1.29, 1.82) is 0 Å². The SMILES string of the molecule is CCC(=O)CCc1cnccc1C(F)(F)F. The van der Waals surface area contributed by atoms with Crippen LogP contribution < -0.4 is 0 Å². The molecule has 0 fully saturated rings. The van der Waals surface area contributed by atoms with Gasteiger partial charge in [-0.15, -0.1) is 0 Å². The van der Waals surface area contributed by atoms with E-state index in [0.717, 1.165) is 12.3 Å². The molecule has 0 aliphatic carbocycles. The minimum Gasteiger partial charge on any atom is -0.300 e. The number of carbonyl (C=O) groups excluding carboxylic acids is 1. The van der Waals surface area contributed by atoms with Crippen molar-refractivity contribution in [3.63, 3.8) is 0 Å². The van der Waals surface area contributed by atoms with Crippen LogP contribution in [0.4, 0.5) is 13.2 Å². The topological polar surface area (TPSA) is 30.0 Å². The number of aromatic nitrogens is 1. The summed E-state index contributed by atoms with van der Waals surface area (Å²) < 4.78 is 37.6. The number of ketones is 1. The number of hydrogen-bond donors (Lipinski definition) is 0. The minimum atomic E-state index is -4.38. The van der Waals surface area contributed by atoms with Gasteiger partial charge in [-0.3, -0.25) is 9.78 Å². The molecule has 0 radical (unpaired) electrons. The lowest BCUT2D eigenvalue weighted by Gasteiger charge is -2.11. The van der Waals surface area contributed by atoms with E-state index in [1.54, 1.807) is 6.92 Å². The number of aryl methyl sites for hydroxylation is 1. The zero-order valence-corrected chi connectivity index (χ0v) is 8.84. The molecule has 0 atom stereocenters. The maximum absolute atomic E-state index is 12.5. The lowest BCUT2D eigenvalue weighted by Crippen LogP contribution is -2.10. The molecule has 2 nitrogen and oxygen atoms in total. The van der Waals surface area contributed by atoms with Crippen LogP contribution in [0, 0.1) is 0 Å². The molecular weight excluding hydrogens is 219 g/mol. The molecule has 16 heavy (non-hydrogen) atoms. The van der Waals surface area contributed by atoms with E-state index in [9.17, 15) is 18.0 Å². The minimum absolute atomic E-state index is 0.0445. The Morgan fingerprint density at radius 3 is 2.69 bits per heavy atom. The van der Waals surface area contributed by atoms with Crippen molar-refractivity contribution in [1.82, 2.24) is 4.98 Å². The molecule has 0 aliphatic rings. The number of halogens is 3. The van der Waals surface area contributed by atoms with Crippen molar-refractivity contribution < 1.29 is 18.0 Å². The van der Waals surface area contributed by atoms with E-state index in [2.05, 4.69) is 4.98 Å². The van der Waals surface area contributed by atoms with E-state index in [4.69, 9.17) is 0 Å². The van der Waals surface area contributed by atoms with Gasteiger partial charge in [0.2, 0.25) is 0 Å². The summed E-state index contributed by atoms with van der Waals surface area (Å²) in [4.78, 5) is 14.7. The van der Waals surface area contributed by atoms with E-state index >= 15 is 0 Å². The number of Topliss-reactive ketones (excluding diaryl/α,β-unsaturated/α-hetero) is 1. The molecule has 0 N–H and O–H groups in total. The van der Waals surface area contributed by atoms with E-state index in [1.165, 1.54) is 6.20 Å². The van der Waals surface area contributed by atoms with E-state index < -0.39 is 11.7 Å². The number of rotatable bonds is 4. The van der Waals surface area contributed by atoms with E-state index in [-0.39, 0.29) is 24.2 Å². The summed E-state index contributed by atoms with van der Waals surface area (Å²) >= 11 is 0. The Balaban J connectivity index is 2.84. The van der Waals surface area contributed by atoms with Gasteiger partial charge in [-0.05, 0) is 18.1 Å². The first-order chi connectivity index (χ1) is 7.45. The zero-order chi connectivity index (χ0) is 12.2. The zero-order valence-electron chi connectivity index (χ0n) is 8.84. The van der Waals surface area contributed by atoms with E-state index in [1.807, 2.05) is 0 Å². The fourth-order valence-corrected chi connectivity index (χ4v) is 1.35. The Morgan fingerprint density at radius 2 is 2.12 bits per heavy atom. The molecule has 0 spiro atoms. The van der Waals surface area contributed by atoms with Gasteiger partial charge in [0.1, 0.15) is 5.78 Å². The molecule has 0 saturated heterocycles. The number of hydrogen-bond acceptors (Lipinski definition) is 2. The van der Waals surface area contributed by atoms with Crippen LogP contribution in [0.1, 0.15) is 30.9 Å². The third-order valence-electron chi connectivity index (χ3n) is 2.28. The second-order valence-corrected chi connectivity index (χ2v) is 3.42. The summed E-state index contributed by atoms with van der Waals surface area (Å²) in [5.74, 6) is -0.0445. The van der Waals surface area contributed by atoms with Gasteiger partial charge >= 0.3 is 6.18 Å². The average Bonchev–Trinajstić information content (AvgIpc) is 2.25. The molecule has 88 valence electrons. The molecular formula is C11H12F3NO. The number of nitrogens with zero attached hydrogens (tertiary/aromatic N) is 1. The summed E-state index contributed by atoms with van der Waals surface area (Å²) in [5.41, 5.74) is -0.622. The molecule has 0 amide bonds. The molecule has 5 heteroatoms. The highest BCUT2D eigenvalue weighted by atomic mass is 19.4. The summed E-state index contributed by atoms with van der Waals surface area (Å²) in [6.07, 6.45) is -1.53. The van der Waals surface area contributed by atoms with Crippen LogP contribution in [-0.4, -0.2) is 10.8 Å². The van der Waals surface area contributed by atoms with E-state index in [0.29, 0.717) is 6.42 Å². The monoisotopic (exact) mass is 231 g/mol. The predicted octanol–water partition coefficient (Wildman–Crippen LogP) is 3.01. The molecule has 1 heterocycles. The smallest absolute Gasteiger partial charge is 0.300 e. The summed E-state index contributed by atoms with van der Waals surface area (Å²) in [6, 6.07) is 0.936. The molecule has 0 bridgehead atoms. The number of carbonyl (C=O) groups is 1. The molecule has 1 aromatic heterocycles. The second-order valence-electron chi connectivity index (χ2n) is 3.42. The van der Waals surface area contributed by atoms with Crippen LogP contribution in [0.3, 0.4) is 0 Å². The standard InChI is InChI=1S/C11H12F3NO/c1-2-9(16)4-3-8-7-15-6-5-10(8)11(12,13)14/h5-7H,2-4H2,1H3. The molecule has 0 aromatic carbocycles. The molecule has 0 unspecified atom stereocenters. The Bertz CT molecular complexity index is 374. The van der Waals surface area contributed by atoms with Crippen molar-refractivity contribution in [2.75, 3.05) is 0 Å². The van der Waals surface area contributed by atoms with Crippen LogP contribution in [0.15, 0.2) is 18.5 Å². The first-order valence-corrected chi connectivity index (χ1v) is 4.97. The highest BCUT2D eigenvalue weighted by molar-refractivity contribution is 5.78. The number of alkyl halides is 3. The molecule has 1 rings (SSSR count). The summed E-state index contributed by atoms with van der Waals surface area (Å²) in [7, 11) is 0. The molecule has 0 aliphatic heterocycles. The highest BCUT2D eigenvalue weighted by Crippen LogP contribution is 2.31. The van der Waals surface area contributed by atoms with Gasteiger partial charge in [0.05, 0.1) is 5.56 Å². The fraction of sp³-hybridized carbons (Fsp3) is 0.455. The van der Waals surface area contributed by atoms with Crippen LogP contribution in [-0.2, 0) is 17.4 Å². The van der Waals surface area contributed by atoms with Gasteiger partial charge in [-0.1, -0.05) is 6.92 Å². The molecule has 1 aromatic rings. The Morgan fingerprint density at radius 1 is 1.44 bits per heavy atom. The van der Waals surface area contributed by atoms with Gasteiger partial charge in [0, 0.05) is 25.2 Å². The van der Waals surface area contributed by atoms with Crippen molar-refractivity contribution in [2.24, 2.45) is 0 Å². The van der Waals surface area contributed by atoms with Crippen LogP contribution >= 0.6 is 0 Å². The second kappa shape index (κ2) is 5.09. The quantitative estimate of drug-likeness (QED) is 0.797. The van der Waals surface area contributed by atoms with Gasteiger partial charge in [-0.25, -0.2) is 0 Å². The lowest BCUT2D eigenvalue weighted by atomic mass is 10.0. The number of pyridine rings is 1. The van der Waals surface area contributed by atoms with Crippen molar-refractivity contribution in [3.05, 3.63) is 29.6 Å². The van der Waals surface area contributed by atoms with Crippen LogP contribution in [0.25, 0.3) is 0 Å². The average molecular weight is 231 g/mol. The Kier molecular flexibility index (Phi) is 4.04. The largest absolute Gasteiger partial charge is 0.416 e. The summed E-state index contributed by atoms with van der Waals surface area (Å²) in [5, 5.41) is 0. The third kappa shape index (κ3) is 3.32. The maximum Gasteiger partial charge on any atom is 0.416 e. The maximum atomic E-state index is 12.5. The first-order valence-electron chi connectivity index (χ1n) is 4.97. The van der Waals surface area contributed by atoms with Gasteiger partial charge < -0.3 is 0 Å². The Labute approximate surface area is 91.5 Å². The van der Waals surface area contributed by atoms with Crippen LogP contribution in [0.5, 0.6) is 0 Å².